The lowest BCUT2D eigenvalue weighted by Gasteiger charge is -2.36. The number of nitrogens with one attached hydrogen (secondary N) is 1. The number of piperidine rings is 1. The predicted octanol–water partition coefficient (Wildman–Crippen LogP) is 2.15. The summed E-state index contributed by atoms with van der Waals surface area (Å²) in [7, 11) is 0. The Hall–Kier alpha value is -1.42. The summed E-state index contributed by atoms with van der Waals surface area (Å²) >= 11 is 0. The molecular weight excluding hydrogens is 224 g/mol. The highest BCUT2D eigenvalue weighted by Gasteiger charge is 2.37. The maximum absolute atomic E-state index is 4.49. The second-order valence-electron chi connectivity index (χ2n) is 5.23. The second-order valence-corrected chi connectivity index (χ2v) is 5.23. The summed E-state index contributed by atoms with van der Waals surface area (Å²) in [6.07, 6.45) is 6.81. The van der Waals surface area contributed by atoms with Crippen molar-refractivity contribution in [1.29, 1.82) is 0 Å². The Morgan fingerprint density at radius 1 is 1.28 bits per heavy atom. The largest absolute Gasteiger partial charge is 0.317 e. The van der Waals surface area contributed by atoms with Gasteiger partial charge in [0.2, 0.25) is 0 Å². The van der Waals surface area contributed by atoms with E-state index in [9.17, 15) is 0 Å². The fourth-order valence-electron chi connectivity index (χ4n) is 3.17. The van der Waals surface area contributed by atoms with Gasteiger partial charge in [0.25, 0.3) is 0 Å². The zero-order valence-corrected chi connectivity index (χ0v) is 10.9. The van der Waals surface area contributed by atoms with Crippen molar-refractivity contribution in [1.82, 2.24) is 19.9 Å². The fourth-order valence-corrected chi connectivity index (χ4v) is 3.17. The van der Waals surface area contributed by atoms with Crippen LogP contribution in [-0.2, 0) is 5.41 Å². The van der Waals surface area contributed by atoms with Crippen molar-refractivity contribution < 1.29 is 0 Å². The zero-order chi connectivity index (χ0) is 12.4. The van der Waals surface area contributed by atoms with Crippen LogP contribution < -0.4 is 5.32 Å². The molecule has 3 heterocycles. The van der Waals surface area contributed by atoms with Crippen molar-refractivity contribution >= 4 is 5.65 Å². The van der Waals surface area contributed by atoms with Crippen LogP contribution >= 0.6 is 0 Å². The molecule has 1 aliphatic heterocycles. The van der Waals surface area contributed by atoms with E-state index in [4.69, 9.17) is 0 Å². The molecule has 4 heteroatoms. The van der Waals surface area contributed by atoms with Crippen LogP contribution in [-0.4, -0.2) is 27.7 Å². The third-order valence-electron chi connectivity index (χ3n) is 4.08. The molecule has 4 nitrogen and oxygen atoms in total. The van der Waals surface area contributed by atoms with Crippen molar-refractivity contribution in [3.05, 3.63) is 30.2 Å². The monoisotopic (exact) mass is 244 g/mol. The highest BCUT2D eigenvalue weighted by atomic mass is 15.3. The zero-order valence-electron chi connectivity index (χ0n) is 10.9. The van der Waals surface area contributed by atoms with Gasteiger partial charge in [0.1, 0.15) is 5.82 Å². The Labute approximate surface area is 107 Å². The summed E-state index contributed by atoms with van der Waals surface area (Å²) in [4.78, 5) is 0. The highest BCUT2D eigenvalue weighted by Crippen LogP contribution is 2.36. The quantitative estimate of drug-likeness (QED) is 0.899. The van der Waals surface area contributed by atoms with E-state index in [-0.39, 0.29) is 5.41 Å². The van der Waals surface area contributed by atoms with Crippen molar-refractivity contribution in [2.45, 2.75) is 38.0 Å². The molecule has 0 amide bonds. The van der Waals surface area contributed by atoms with E-state index in [0.29, 0.717) is 0 Å². The summed E-state index contributed by atoms with van der Waals surface area (Å²) < 4.78 is 2.17. The third kappa shape index (κ3) is 1.81. The standard InChI is InChI=1S/C14H20N4/c1-2-6-14(7-9-15-10-8-14)13-17-16-12-5-3-4-11-18(12)13/h3-5,11,15H,2,6-10H2,1H3. The summed E-state index contributed by atoms with van der Waals surface area (Å²) in [5.74, 6) is 1.15. The van der Waals surface area contributed by atoms with Gasteiger partial charge in [-0.25, -0.2) is 0 Å². The molecule has 0 bridgehead atoms. The third-order valence-corrected chi connectivity index (χ3v) is 4.08. The van der Waals surface area contributed by atoms with E-state index in [1.54, 1.807) is 0 Å². The van der Waals surface area contributed by atoms with Gasteiger partial charge in [0, 0.05) is 11.6 Å². The summed E-state index contributed by atoms with van der Waals surface area (Å²) in [6, 6.07) is 6.10. The molecule has 0 radical (unpaired) electrons. The molecule has 2 aromatic rings. The Bertz CT molecular complexity index is 520. The van der Waals surface area contributed by atoms with Gasteiger partial charge in [0.15, 0.2) is 5.65 Å². The van der Waals surface area contributed by atoms with Crippen molar-refractivity contribution in [2.24, 2.45) is 0 Å². The van der Waals surface area contributed by atoms with Crippen LogP contribution in [0.4, 0.5) is 0 Å². The van der Waals surface area contributed by atoms with Crippen molar-refractivity contribution in [2.75, 3.05) is 13.1 Å². The van der Waals surface area contributed by atoms with Crippen LogP contribution in [0, 0.1) is 0 Å². The van der Waals surface area contributed by atoms with Gasteiger partial charge >= 0.3 is 0 Å². The molecule has 0 atom stereocenters. The van der Waals surface area contributed by atoms with Gasteiger partial charge in [-0.05, 0) is 44.5 Å². The molecule has 1 fully saturated rings. The molecule has 2 aromatic heterocycles. The Morgan fingerprint density at radius 3 is 2.89 bits per heavy atom. The predicted molar refractivity (Wildman–Crippen MR) is 71.7 cm³/mol. The lowest BCUT2D eigenvalue weighted by Crippen LogP contribution is -2.41. The van der Waals surface area contributed by atoms with E-state index in [1.165, 1.54) is 12.8 Å². The average molecular weight is 244 g/mol. The van der Waals surface area contributed by atoms with Crippen LogP contribution in [0.25, 0.3) is 5.65 Å². The van der Waals surface area contributed by atoms with Gasteiger partial charge in [0.05, 0.1) is 0 Å². The highest BCUT2D eigenvalue weighted by molar-refractivity contribution is 5.38. The SMILES string of the molecule is CCCC1(c2nnc3ccccn23)CCNCC1. The first kappa shape index (κ1) is 11.7. The Morgan fingerprint density at radius 2 is 2.11 bits per heavy atom. The molecule has 18 heavy (non-hydrogen) atoms. The smallest absolute Gasteiger partial charge is 0.160 e. The molecular formula is C14H20N4. The fraction of sp³-hybridized carbons (Fsp3) is 0.571. The molecule has 0 aromatic carbocycles. The molecule has 0 aliphatic carbocycles. The first-order valence-corrected chi connectivity index (χ1v) is 6.87. The van der Waals surface area contributed by atoms with Crippen molar-refractivity contribution in [3.63, 3.8) is 0 Å². The van der Waals surface area contributed by atoms with Crippen LogP contribution in [0.1, 0.15) is 38.4 Å². The topological polar surface area (TPSA) is 42.2 Å². The van der Waals surface area contributed by atoms with Gasteiger partial charge < -0.3 is 5.32 Å². The number of pyridine rings is 1. The number of hydrogen-bond acceptors (Lipinski definition) is 3. The molecule has 1 aliphatic rings. The van der Waals surface area contributed by atoms with Gasteiger partial charge in [-0.3, -0.25) is 4.40 Å². The van der Waals surface area contributed by atoms with Gasteiger partial charge in [-0.2, -0.15) is 0 Å². The number of fused-ring (bicyclic) bond motifs is 1. The van der Waals surface area contributed by atoms with E-state index >= 15 is 0 Å². The lowest BCUT2D eigenvalue weighted by atomic mass is 9.74. The normalized spacial score (nSPS) is 19.2. The minimum absolute atomic E-state index is 0.209. The van der Waals surface area contributed by atoms with E-state index in [2.05, 4.69) is 39.1 Å². The number of aromatic nitrogens is 3. The van der Waals surface area contributed by atoms with Crippen molar-refractivity contribution in [3.8, 4) is 0 Å². The number of nitrogens with zero attached hydrogens (tertiary/aromatic N) is 3. The molecule has 96 valence electrons. The van der Waals surface area contributed by atoms with E-state index in [1.807, 2.05) is 12.1 Å². The summed E-state index contributed by atoms with van der Waals surface area (Å²) in [5.41, 5.74) is 1.17. The first-order valence-electron chi connectivity index (χ1n) is 6.87. The molecule has 0 saturated carbocycles. The maximum Gasteiger partial charge on any atom is 0.160 e. The Kier molecular flexibility index (Phi) is 3.04. The van der Waals surface area contributed by atoms with E-state index < -0.39 is 0 Å². The number of hydrogen-bond donors (Lipinski definition) is 1. The van der Waals surface area contributed by atoms with Crippen LogP contribution in [0.5, 0.6) is 0 Å². The van der Waals surface area contributed by atoms with Gasteiger partial charge in [-0.1, -0.05) is 19.4 Å². The average Bonchev–Trinajstić information content (AvgIpc) is 2.84. The molecule has 3 rings (SSSR count). The lowest BCUT2D eigenvalue weighted by molar-refractivity contribution is 0.268. The number of rotatable bonds is 3. The first-order chi connectivity index (χ1) is 8.86. The minimum atomic E-state index is 0.209. The molecule has 1 saturated heterocycles. The summed E-state index contributed by atoms with van der Waals surface area (Å²) in [6.45, 7) is 4.43. The molecule has 0 spiro atoms. The Balaban J connectivity index is 2.08. The van der Waals surface area contributed by atoms with Gasteiger partial charge in [-0.15, -0.1) is 10.2 Å². The molecule has 1 N–H and O–H groups in total. The molecule has 0 unspecified atom stereocenters. The minimum Gasteiger partial charge on any atom is -0.317 e. The second kappa shape index (κ2) is 4.69. The summed E-state index contributed by atoms with van der Waals surface area (Å²) in [5, 5.41) is 12.3. The van der Waals surface area contributed by atoms with Crippen LogP contribution in [0.3, 0.4) is 0 Å². The van der Waals surface area contributed by atoms with Crippen LogP contribution in [0.15, 0.2) is 24.4 Å². The van der Waals surface area contributed by atoms with E-state index in [0.717, 1.165) is 37.4 Å². The maximum atomic E-state index is 4.49. The van der Waals surface area contributed by atoms with Crippen LogP contribution in [0.2, 0.25) is 0 Å².